The second-order valence-corrected chi connectivity index (χ2v) is 6.19. The molecule has 1 aromatic carbocycles. The van der Waals surface area contributed by atoms with Crippen LogP contribution in [-0.4, -0.2) is 31.5 Å². The lowest BCUT2D eigenvalue weighted by molar-refractivity contribution is -0.137. The lowest BCUT2D eigenvalue weighted by Gasteiger charge is -2.23. The first-order valence-electron chi connectivity index (χ1n) is 5.55. The van der Waals surface area contributed by atoms with Crippen molar-refractivity contribution in [2.75, 3.05) is 6.54 Å². The molecule has 0 amide bonds. The molecule has 8 heteroatoms. The summed E-state index contributed by atoms with van der Waals surface area (Å²) in [7, 11) is -4.46. The maximum Gasteiger partial charge on any atom is 0.402 e. The van der Waals surface area contributed by atoms with E-state index in [1.807, 2.05) is 0 Å². The molecule has 3 nitrogen and oxygen atoms in total. The second kappa shape index (κ2) is 4.75. The van der Waals surface area contributed by atoms with Crippen molar-refractivity contribution >= 4 is 10.0 Å². The zero-order valence-electron chi connectivity index (χ0n) is 9.69. The normalized spacial score (nSPS) is 16.9. The Balaban J connectivity index is 2.38. The minimum atomic E-state index is -4.65. The van der Waals surface area contributed by atoms with Gasteiger partial charge in [0.05, 0.1) is 0 Å². The summed E-state index contributed by atoms with van der Waals surface area (Å²) in [4.78, 5) is -0.717. The SMILES string of the molecule is O=S(=O)(c1ccccc1F)N(CC(F)(F)F)C1CC1. The van der Waals surface area contributed by atoms with Crippen LogP contribution in [0.5, 0.6) is 0 Å². The van der Waals surface area contributed by atoms with E-state index in [1.165, 1.54) is 12.1 Å². The number of halogens is 4. The highest BCUT2D eigenvalue weighted by atomic mass is 32.2. The summed E-state index contributed by atoms with van der Waals surface area (Å²) < 4.78 is 75.3. The Labute approximate surface area is 107 Å². The van der Waals surface area contributed by atoms with Crippen LogP contribution in [-0.2, 0) is 10.0 Å². The van der Waals surface area contributed by atoms with Crippen molar-refractivity contribution in [3.05, 3.63) is 30.1 Å². The Morgan fingerprint density at radius 3 is 2.26 bits per heavy atom. The van der Waals surface area contributed by atoms with Crippen LogP contribution >= 0.6 is 0 Å². The van der Waals surface area contributed by atoms with Crippen molar-refractivity contribution < 1.29 is 26.0 Å². The van der Waals surface area contributed by atoms with Crippen LogP contribution in [0.1, 0.15) is 12.8 Å². The number of hydrogen-bond acceptors (Lipinski definition) is 2. The van der Waals surface area contributed by atoms with Gasteiger partial charge in [-0.15, -0.1) is 0 Å². The summed E-state index contributed by atoms with van der Waals surface area (Å²) in [5.41, 5.74) is 0. The van der Waals surface area contributed by atoms with Gasteiger partial charge in [-0.2, -0.15) is 17.5 Å². The monoisotopic (exact) mass is 297 g/mol. The summed E-state index contributed by atoms with van der Waals surface area (Å²) in [6, 6.07) is 3.74. The number of sulfonamides is 1. The van der Waals surface area contributed by atoms with E-state index in [-0.39, 0.29) is 0 Å². The first kappa shape index (κ1) is 14.3. The predicted octanol–water partition coefficient (Wildman–Crippen LogP) is 2.54. The largest absolute Gasteiger partial charge is 0.402 e. The zero-order valence-corrected chi connectivity index (χ0v) is 10.5. The third kappa shape index (κ3) is 3.24. The number of benzene rings is 1. The van der Waals surface area contributed by atoms with Crippen LogP contribution in [0.25, 0.3) is 0 Å². The van der Waals surface area contributed by atoms with E-state index in [4.69, 9.17) is 0 Å². The number of hydrogen-bond donors (Lipinski definition) is 0. The lowest BCUT2D eigenvalue weighted by Crippen LogP contribution is -2.40. The van der Waals surface area contributed by atoms with Crippen LogP contribution in [0.4, 0.5) is 17.6 Å². The summed E-state index contributed by atoms with van der Waals surface area (Å²) in [6.45, 7) is -1.59. The first-order chi connectivity index (χ1) is 8.72. The van der Waals surface area contributed by atoms with E-state index < -0.39 is 39.5 Å². The molecule has 106 valence electrons. The van der Waals surface area contributed by atoms with Gasteiger partial charge in [0.2, 0.25) is 10.0 Å². The molecule has 0 unspecified atom stereocenters. The molecular weight excluding hydrogens is 286 g/mol. The van der Waals surface area contributed by atoms with Crippen molar-refractivity contribution in [3.63, 3.8) is 0 Å². The molecule has 19 heavy (non-hydrogen) atoms. The highest BCUT2D eigenvalue weighted by Gasteiger charge is 2.45. The van der Waals surface area contributed by atoms with Gasteiger partial charge >= 0.3 is 6.18 Å². The standard InChI is InChI=1S/C11H11F4NO2S/c12-9-3-1-2-4-10(9)19(17,18)16(8-5-6-8)7-11(13,14)15/h1-4,8H,5-7H2. The van der Waals surface area contributed by atoms with Crippen LogP contribution in [0.3, 0.4) is 0 Å². The van der Waals surface area contributed by atoms with Gasteiger partial charge in [0.1, 0.15) is 17.3 Å². The number of nitrogens with zero attached hydrogens (tertiary/aromatic N) is 1. The molecule has 0 aromatic heterocycles. The van der Waals surface area contributed by atoms with Crippen LogP contribution < -0.4 is 0 Å². The Morgan fingerprint density at radius 1 is 1.21 bits per heavy atom. The molecule has 0 radical (unpaired) electrons. The Kier molecular flexibility index (Phi) is 3.57. The highest BCUT2D eigenvalue weighted by molar-refractivity contribution is 7.89. The topological polar surface area (TPSA) is 37.4 Å². The van der Waals surface area contributed by atoms with Gasteiger partial charge in [0.15, 0.2) is 0 Å². The van der Waals surface area contributed by atoms with E-state index in [2.05, 4.69) is 0 Å². The van der Waals surface area contributed by atoms with Crippen LogP contribution in [0, 0.1) is 5.82 Å². The third-order valence-corrected chi connectivity index (χ3v) is 4.64. The number of rotatable bonds is 4. The fourth-order valence-electron chi connectivity index (χ4n) is 1.73. The minimum Gasteiger partial charge on any atom is -0.207 e. The van der Waals surface area contributed by atoms with Crippen LogP contribution in [0.15, 0.2) is 29.2 Å². The molecule has 1 aliphatic carbocycles. The molecule has 1 fully saturated rings. The lowest BCUT2D eigenvalue weighted by atomic mass is 10.4. The zero-order chi connectivity index (χ0) is 14.3. The molecule has 0 heterocycles. The van der Waals surface area contributed by atoms with Crippen LogP contribution in [0.2, 0.25) is 0 Å². The van der Waals surface area contributed by atoms with E-state index in [9.17, 15) is 26.0 Å². The van der Waals surface area contributed by atoms with E-state index in [1.54, 1.807) is 0 Å². The van der Waals surface area contributed by atoms with Crippen molar-refractivity contribution in [2.45, 2.75) is 30.0 Å². The maximum atomic E-state index is 13.5. The summed E-state index contributed by atoms with van der Waals surface area (Å²) >= 11 is 0. The quantitative estimate of drug-likeness (QED) is 0.801. The average molecular weight is 297 g/mol. The first-order valence-corrected chi connectivity index (χ1v) is 6.99. The molecule has 0 saturated heterocycles. The second-order valence-electron chi connectivity index (χ2n) is 4.33. The molecule has 2 rings (SSSR count). The van der Waals surface area contributed by atoms with E-state index >= 15 is 0 Å². The van der Waals surface area contributed by atoms with Gasteiger partial charge in [-0.25, -0.2) is 12.8 Å². The molecule has 1 aromatic rings. The van der Waals surface area contributed by atoms with E-state index in [0.717, 1.165) is 12.1 Å². The summed E-state index contributed by atoms with van der Waals surface area (Å²) in [6.07, 6.45) is -3.92. The maximum absolute atomic E-state index is 13.5. The molecular formula is C11H11F4NO2S. The van der Waals surface area contributed by atoms with Gasteiger partial charge in [-0.1, -0.05) is 12.1 Å². The van der Waals surface area contributed by atoms with Crippen molar-refractivity contribution in [3.8, 4) is 0 Å². The Hall–Kier alpha value is -1.15. The minimum absolute atomic E-state index is 0.339. The Morgan fingerprint density at radius 2 is 1.79 bits per heavy atom. The summed E-state index contributed by atoms with van der Waals surface area (Å²) in [5, 5.41) is 0. The molecule has 0 N–H and O–H groups in total. The molecule has 0 aliphatic heterocycles. The van der Waals surface area contributed by atoms with Crippen molar-refractivity contribution in [1.82, 2.24) is 4.31 Å². The Bertz CT molecular complexity index is 566. The van der Waals surface area contributed by atoms with Gasteiger partial charge in [-0.3, -0.25) is 0 Å². The number of alkyl halides is 3. The van der Waals surface area contributed by atoms with Gasteiger partial charge in [0.25, 0.3) is 0 Å². The van der Waals surface area contributed by atoms with Crippen molar-refractivity contribution in [1.29, 1.82) is 0 Å². The van der Waals surface area contributed by atoms with Gasteiger partial charge in [0, 0.05) is 6.04 Å². The fraction of sp³-hybridized carbons (Fsp3) is 0.455. The van der Waals surface area contributed by atoms with E-state index in [0.29, 0.717) is 17.1 Å². The summed E-state index contributed by atoms with van der Waals surface area (Å²) in [5.74, 6) is -1.05. The average Bonchev–Trinajstić information content (AvgIpc) is 3.08. The van der Waals surface area contributed by atoms with Gasteiger partial charge in [-0.05, 0) is 25.0 Å². The predicted molar refractivity (Wildman–Crippen MR) is 59.4 cm³/mol. The smallest absolute Gasteiger partial charge is 0.207 e. The molecule has 1 aliphatic rings. The third-order valence-electron chi connectivity index (χ3n) is 2.71. The highest BCUT2D eigenvalue weighted by Crippen LogP contribution is 2.35. The fourth-order valence-corrected chi connectivity index (χ4v) is 3.47. The molecule has 1 saturated carbocycles. The van der Waals surface area contributed by atoms with Gasteiger partial charge < -0.3 is 0 Å². The van der Waals surface area contributed by atoms with Crippen molar-refractivity contribution in [2.24, 2.45) is 0 Å². The molecule has 0 atom stereocenters. The molecule has 0 spiro atoms. The molecule has 0 bridgehead atoms.